The van der Waals surface area contributed by atoms with E-state index >= 15 is 0 Å². The molecule has 33 heavy (non-hydrogen) atoms. The van der Waals surface area contributed by atoms with Gasteiger partial charge in [0.1, 0.15) is 0 Å². The van der Waals surface area contributed by atoms with E-state index in [-0.39, 0.29) is 0 Å². The molecule has 0 atom stereocenters. The molecule has 0 unspecified atom stereocenters. The Kier molecular flexibility index (Phi) is 22.2. The number of unbranched alkanes of at least 4 members (excludes halogenated alkanes) is 16. The van der Waals surface area contributed by atoms with Crippen molar-refractivity contribution in [3.05, 3.63) is 23.8 Å². The SMILES string of the molecule is CCCCCCCCCCCSc1cccc(SCCCCCCCCCCC)c1CCC. The van der Waals surface area contributed by atoms with Gasteiger partial charge in [-0.3, -0.25) is 0 Å². The molecule has 0 saturated heterocycles. The second-order valence-electron chi connectivity index (χ2n) is 9.84. The second kappa shape index (κ2) is 23.7. The maximum absolute atomic E-state index is 2.38. The van der Waals surface area contributed by atoms with Gasteiger partial charge in [0, 0.05) is 9.79 Å². The molecule has 0 aromatic heterocycles. The lowest BCUT2D eigenvalue weighted by atomic mass is 10.1. The average molecular weight is 493 g/mol. The molecule has 0 aliphatic rings. The number of hydrogen-bond donors (Lipinski definition) is 0. The van der Waals surface area contributed by atoms with Crippen LogP contribution in [0.4, 0.5) is 0 Å². The van der Waals surface area contributed by atoms with E-state index in [0.717, 1.165) is 0 Å². The minimum absolute atomic E-state index is 1.24. The van der Waals surface area contributed by atoms with Gasteiger partial charge in [-0.2, -0.15) is 0 Å². The van der Waals surface area contributed by atoms with Crippen molar-refractivity contribution >= 4 is 23.5 Å². The van der Waals surface area contributed by atoms with Crippen molar-refractivity contribution in [2.45, 2.75) is 159 Å². The van der Waals surface area contributed by atoms with Crippen molar-refractivity contribution in [3.63, 3.8) is 0 Å². The summed E-state index contributed by atoms with van der Waals surface area (Å²) in [5.74, 6) is 2.58. The van der Waals surface area contributed by atoms with Crippen molar-refractivity contribution < 1.29 is 0 Å². The Morgan fingerprint density at radius 3 is 1.18 bits per heavy atom. The summed E-state index contributed by atoms with van der Waals surface area (Å²) in [6, 6.07) is 7.06. The second-order valence-corrected chi connectivity index (χ2v) is 12.1. The van der Waals surface area contributed by atoms with Gasteiger partial charge in [0.15, 0.2) is 0 Å². The summed E-state index contributed by atoms with van der Waals surface area (Å²) in [7, 11) is 0. The zero-order valence-electron chi connectivity index (χ0n) is 22.6. The highest BCUT2D eigenvalue weighted by atomic mass is 32.2. The molecule has 192 valence electrons. The molecule has 0 fully saturated rings. The van der Waals surface area contributed by atoms with E-state index in [0.29, 0.717) is 0 Å². The van der Waals surface area contributed by atoms with Crippen LogP contribution in [0, 0.1) is 0 Å². The Morgan fingerprint density at radius 2 is 0.818 bits per heavy atom. The van der Waals surface area contributed by atoms with E-state index in [1.54, 1.807) is 15.4 Å². The van der Waals surface area contributed by atoms with Gasteiger partial charge < -0.3 is 0 Å². The molecular weight excluding hydrogens is 436 g/mol. The fourth-order valence-corrected chi connectivity index (χ4v) is 6.83. The lowest BCUT2D eigenvalue weighted by Crippen LogP contribution is -1.94. The monoisotopic (exact) mass is 492 g/mol. The van der Waals surface area contributed by atoms with Crippen LogP contribution in [-0.2, 0) is 6.42 Å². The predicted octanol–water partition coefficient (Wildman–Crippen LogP) is 11.9. The van der Waals surface area contributed by atoms with E-state index in [1.807, 2.05) is 0 Å². The Morgan fingerprint density at radius 1 is 0.455 bits per heavy atom. The van der Waals surface area contributed by atoms with E-state index < -0.39 is 0 Å². The molecule has 1 aromatic carbocycles. The van der Waals surface area contributed by atoms with E-state index in [4.69, 9.17) is 0 Å². The molecule has 1 aromatic rings. The molecule has 1 rings (SSSR count). The molecule has 0 aliphatic carbocycles. The molecule has 0 nitrogen and oxygen atoms in total. The smallest absolute Gasteiger partial charge is 0.0115 e. The van der Waals surface area contributed by atoms with Crippen LogP contribution in [0.1, 0.15) is 148 Å². The molecule has 2 heteroatoms. The van der Waals surface area contributed by atoms with Gasteiger partial charge in [0.25, 0.3) is 0 Å². The molecule has 0 saturated carbocycles. The van der Waals surface area contributed by atoms with Gasteiger partial charge >= 0.3 is 0 Å². The molecule has 0 heterocycles. The average Bonchev–Trinajstić information content (AvgIpc) is 2.83. The van der Waals surface area contributed by atoms with Crippen LogP contribution in [0.25, 0.3) is 0 Å². The van der Waals surface area contributed by atoms with Crippen LogP contribution in [0.15, 0.2) is 28.0 Å². The highest BCUT2D eigenvalue weighted by molar-refractivity contribution is 8.00. The minimum atomic E-state index is 1.24. The van der Waals surface area contributed by atoms with Crippen LogP contribution in [0.5, 0.6) is 0 Å². The third-order valence-corrected chi connectivity index (χ3v) is 8.97. The van der Waals surface area contributed by atoms with Gasteiger partial charge in [-0.25, -0.2) is 0 Å². The van der Waals surface area contributed by atoms with Crippen LogP contribution in [0.3, 0.4) is 0 Å². The summed E-state index contributed by atoms with van der Waals surface area (Å²) in [6.07, 6.45) is 28.1. The molecule has 0 amide bonds. The van der Waals surface area contributed by atoms with Gasteiger partial charge in [-0.15, -0.1) is 23.5 Å². The largest absolute Gasteiger partial charge is 0.126 e. The number of rotatable bonds is 24. The predicted molar refractivity (Wildman–Crippen MR) is 156 cm³/mol. The summed E-state index contributed by atoms with van der Waals surface area (Å²) in [5.41, 5.74) is 1.64. The molecular formula is C31H56S2. The Hall–Kier alpha value is -0.0800. The van der Waals surface area contributed by atoms with Crippen LogP contribution >= 0.6 is 23.5 Å². The third-order valence-electron chi connectivity index (χ3n) is 6.60. The highest BCUT2D eigenvalue weighted by Crippen LogP contribution is 2.33. The fourth-order valence-electron chi connectivity index (χ4n) is 4.50. The number of thioether (sulfide) groups is 2. The maximum Gasteiger partial charge on any atom is 0.0115 e. The first-order chi connectivity index (χ1) is 16.3. The molecule has 0 N–H and O–H groups in total. The molecule has 0 radical (unpaired) electrons. The van der Waals surface area contributed by atoms with E-state index in [2.05, 4.69) is 62.5 Å². The lowest BCUT2D eigenvalue weighted by molar-refractivity contribution is 0.573. The first kappa shape index (κ1) is 31.0. The van der Waals surface area contributed by atoms with E-state index in [1.165, 1.54) is 140 Å². The van der Waals surface area contributed by atoms with Crippen molar-refractivity contribution in [1.82, 2.24) is 0 Å². The summed E-state index contributed by atoms with van der Waals surface area (Å²) in [5, 5.41) is 0. The number of benzene rings is 1. The Balaban J connectivity index is 2.22. The van der Waals surface area contributed by atoms with Crippen molar-refractivity contribution in [3.8, 4) is 0 Å². The molecule has 0 aliphatic heterocycles. The Bertz CT molecular complexity index is 497. The quantitative estimate of drug-likeness (QED) is 0.104. The maximum atomic E-state index is 2.38. The van der Waals surface area contributed by atoms with Crippen LogP contribution in [-0.4, -0.2) is 11.5 Å². The summed E-state index contributed by atoms with van der Waals surface area (Å²) in [6.45, 7) is 6.93. The summed E-state index contributed by atoms with van der Waals surface area (Å²) in [4.78, 5) is 3.13. The van der Waals surface area contributed by atoms with Crippen molar-refractivity contribution in [1.29, 1.82) is 0 Å². The lowest BCUT2D eigenvalue weighted by Gasteiger charge is -2.14. The summed E-state index contributed by atoms with van der Waals surface area (Å²) >= 11 is 4.24. The summed E-state index contributed by atoms with van der Waals surface area (Å²) < 4.78 is 0. The van der Waals surface area contributed by atoms with Crippen LogP contribution in [0.2, 0.25) is 0 Å². The Labute approximate surface area is 217 Å². The normalized spacial score (nSPS) is 11.4. The molecule has 0 bridgehead atoms. The van der Waals surface area contributed by atoms with Crippen LogP contribution < -0.4 is 0 Å². The van der Waals surface area contributed by atoms with Gasteiger partial charge in [0.05, 0.1) is 0 Å². The fraction of sp³-hybridized carbons (Fsp3) is 0.806. The molecule has 0 spiro atoms. The first-order valence-electron chi connectivity index (χ1n) is 14.7. The van der Waals surface area contributed by atoms with Gasteiger partial charge in [0.2, 0.25) is 0 Å². The van der Waals surface area contributed by atoms with E-state index in [9.17, 15) is 0 Å². The topological polar surface area (TPSA) is 0 Å². The first-order valence-corrected chi connectivity index (χ1v) is 16.7. The number of hydrogen-bond acceptors (Lipinski definition) is 2. The zero-order valence-corrected chi connectivity index (χ0v) is 24.2. The van der Waals surface area contributed by atoms with Gasteiger partial charge in [-0.1, -0.05) is 136 Å². The third kappa shape index (κ3) is 17.1. The highest BCUT2D eigenvalue weighted by Gasteiger charge is 2.09. The standard InChI is InChI=1S/C31H56S2/c1-4-7-9-11-13-15-17-19-21-27-32-30-25-23-26-31(29(30)24-6-3)33-28-22-20-18-16-14-12-10-8-5-2/h23,25-26H,4-22,24,27-28H2,1-3H3. The van der Waals surface area contributed by atoms with Crippen molar-refractivity contribution in [2.24, 2.45) is 0 Å². The van der Waals surface area contributed by atoms with Crippen molar-refractivity contribution in [2.75, 3.05) is 11.5 Å². The minimum Gasteiger partial charge on any atom is -0.126 e. The zero-order chi connectivity index (χ0) is 23.8. The van der Waals surface area contributed by atoms with Gasteiger partial charge in [-0.05, 0) is 48.5 Å².